The average Bonchev–Trinajstić information content (AvgIpc) is 2.59. The van der Waals surface area contributed by atoms with E-state index in [1.165, 1.54) is 0 Å². The molecule has 1 N–H and O–H groups in total. The van der Waals surface area contributed by atoms with E-state index in [4.69, 9.17) is 0 Å². The molecule has 2 rings (SSSR count). The van der Waals surface area contributed by atoms with Crippen LogP contribution in [-0.4, -0.2) is 10.2 Å². The van der Waals surface area contributed by atoms with Crippen LogP contribution in [0.5, 0.6) is 0 Å². The second-order valence-electron chi connectivity index (χ2n) is 2.63. The lowest BCUT2D eigenvalue weighted by atomic mass is 10.4. The summed E-state index contributed by atoms with van der Waals surface area (Å²) in [6, 6.07) is 8.00. The zero-order chi connectivity index (χ0) is 8.23. The fourth-order valence-electron chi connectivity index (χ4n) is 1.11. The van der Waals surface area contributed by atoms with E-state index in [9.17, 15) is 0 Å². The number of nitrogens with one attached hydrogen (secondary N) is 1. The summed E-state index contributed by atoms with van der Waals surface area (Å²) < 4.78 is 2.09. The molecule has 0 spiro atoms. The third-order valence-electron chi connectivity index (χ3n) is 1.69. The molecule has 0 radical (unpaired) electrons. The van der Waals surface area contributed by atoms with E-state index in [0.717, 1.165) is 12.2 Å². The highest BCUT2D eigenvalue weighted by Gasteiger charge is 2.00. The first-order valence-electron chi connectivity index (χ1n) is 3.87. The summed E-state index contributed by atoms with van der Waals surface area (Å²) in [5, 5.41) is 6.79. The van der Waals surface area contributed by atoms with Gasteiger partial charge < -0.3 is 0 Å². The van der Waals surface area contributed by atoms with Crippen LogP contribution >= 0.6 is 0 Å². The highest BCUT2D eigenvalue weighted by molar-refractivity contribution is 4.95. The van der Waals surface area contributed by atoms with Gasteiger partial charge in [-0.1, -0.05) is 6.07 Å². The Morgan fingerprint density at radius 1 is 1.25 bits per heavy atom. The molecule has 0 saturated heterocycles. The van der Waals surface area contributed by atoms with Crippen molar-refractivity contribution in [2.24, 2.45) is 0 Å². The summed E-state index contributed by atoms with van der Waals surface area (Å²) in [5.74, 6) is 0. The summed E-state index contributed by atoms with van der Waals surface area (Å²) in [6.07, 6.45) is 5.82. The fraction of sp³-hybridized carbons (Fsp3) is 0.111. The minimum absolute atomic E-state index is 0.848. The molecule has 0 atom stereocenters. The van der Waals surface area contributed by atoms with Gasteiger partial charge in [0, 0.05) is 18.3 Å². The van der Waals surface area contributed by atoms with Crippen molar-refractivity contribution in [3.05, 3.63) is 48.5 Å². The van der Waals surface area contributed by atoms with E-state index in [-0.39, 0.29) is 0 Å². The van der Waals surface area contributed by atoms with Crippen LogP contribution in [0.25, 0.3) is 0 Å². The van der Waals surface area contributed by atoms with Crippen LogP contribution in [0.3, 0.4) is 0 Å². The first-order chi connectivity index (χ1) is 5.95. The zero-order valence-corrected chi connectivity index (χ0v) is 6.64. The van der Waals surface area contributed by atoms with Crippen molar-refractivity contribution in [3.63, 3.8) is 0 Å². The first kappa shape index (κ1) is 7.03. The third-order valence-corrected chi connectivity index (χ3v) is 1.69. The molecule has 0 aliphatic heterocycles. The molecule has 3 heteroatoms. The van der Waals surface area contributed by atoms with Gasteiger partial charge in [0.1, 0.15) is 0 Å². The van der Waals surface area contributed by atoms with Gasteiger partial charge in [0.2, 0.25) is 0 Å². The predicted molar refractivity (Wildman–Crippen MR) is 44.3 cm³/mol. The number of pyridine rings is 1. The van der Waals surface area contributed by atoms with Crippen LogP contribution in [0.1, 0.15) is 5.69 Å². The van der Waals surface area contributed by atoms with Crippen LogP contribution in [-0.2, 0) is 6.54 Å². The Balaban J connectivity index is 2.15. The highest BCUT2D eigenvalue weighted by atomic mass is 15.1. The summed E-state index contributed by atoms with van der Waals surface area (Å²) in [6.45, 7) is 0.848. The lowest BCUT2D eigenvalue weighted by molar-refractivity contribution is -0.688. The fourth-order valence-corrected chi connectivity index (χ4v) is 1.11. The normalized spacial score (nSPS) is 10.0. The molecular weight excluding hydrogens is 150 g/mol. The van der Waals surface area contributed by atoms with E-state index >= 15 is 0 Å². The van der Waals surface area contributed by atoms with Gasteiger partial charge in [-0.05, 0) is 6.07 Å². The second-order valence-corrected chi connectivity index (χ2v) is 2.63. The molecule has 2 heterocycles. The Kier molecular flexibility index (Phi) is 1.86. The Labute approximate surface area is 70.7 Å². The molecule has 0 unspecified atom stereocenters. The van der Waals surface area contributed by atoms with Crippen molar-refractivity contribution in [2.75, 3.05) is 0 Å². The Hall–Kier alpha value is -1.64. The minimum Gasteiger partial charge on any atom is -0.276 e. The molecule has 0 saturated carbocycles. The van der Waals surface area contributed by atoms with Gasteiger partial charge in [-0.15, -0.1) is 0 Å². The van der Waals surface area contributed by atoms with Crippen molar-refractivity contribution >= 4 is 0 Å². The first-order valence-corrected chi connectivity index (χ1v) is 3.87. The van der Waals surface area contributed by atoms with Gasteiger partial charge in [0.05, 0.1) is 5.69 Å². The minimum atomic E-state index is 0.848. The number of nitrogens with zero attached hydrogens (tertiary/aromatic N) is 2. The molecule has 0 amide bonds. The summed E-state index contributed by atoms with van der Waals surface area (Å²) in [5.41, 5.74) is 1.12. The maximum atomic E-state index is 3.88. The number of hydrogen-bond acceptors (Lipinski definition) is 1. The summed E-state index contributed by atoms with van der Waals surface area (Å²) in [7, 11) is 0. The molecule has 0 fully saturated rings. The van der Waals surface area contributed by atoms with Crippen molar-refractivity contribution in [3.8, 4) is 0 Å². The van der Waals surface area contributed by atoms with Gasteiger partial charge in [-0.2, -0.15) is 9.67 Å². The molecule has 2 aromatic rings. The number of hydrogen-bond donors (Lipinski definition) is 1. The third kappa shape index (κ3) is 1.50. The van der Waals surface area contributed by atoms with Crippen LogP contribution in [0, 0.1) is 0 Å². The second kappa shape index (κ2) is 3.17. The Morgan fingerprint density at radius 2 is 2.08 bits per heavy atom. The van der Waals surface area contributed by atoms with Gasteiger partial charge in [0.15, 0.2) is 18.9 Å². The molecule has 0 aromatic carbocycles. The number of rotatable bonds is 2. The SMILES string of the molecule is c1cc[n+](Cc2ccn[nH]2)cc1. The standard InChI is InChI=1S/C9H10N3/c1-2-6-12(7-3-1)8-9-4-5-10-11-9/h1-7H,8H2,(H,10,11)/q+1. The van der Waals surface area contributed by atoms with Gasteiger partial charge >= 0.3 is 0 Å². The van der Waals surface area contributed by atoms with Crippen molar-refractivity contribution in [1.82, 2.24) is 10.2 Å². The summed E-state index contributed by atoms with van der Waals surface area (Å²) in [4.78, 5) is 0. The zero-order valence-electron chi connectivity index (χ0n) is 6.64. The maximum Gasteiger partial charge on any atom is 0.189 e. The number of aromatic amines is 1. The monoisotopic (exact) mass is 160 g/mol. The number of H-pyrrole nitrogens is 1. The van der Waals surface area contributed by atoms with Crippen molar-refractivity contribution in [2.45, 2.75) is 6.54 Å². The largest absolute Gasteiger partial charge is 0.276 e. The van der Waals surface area contributed by atoms with Crippen LogP contribution in [0.2, 0.25) is 0 Å². The maximum absolute atomic E-state index is 3.88. The van der Waals surface area contributed by atoms with Crippen LogP contribution in [0.4, 0.5) is 0 Å². The topological polar surface area (TPSA) is 32.6 Å². The van der Waals surface area contributed by atoms with Crippen molar-refractivity contribution < 1.29 is 4.57 Å². The Bertz CT molecular complexity index is 326. The molecule has 3 nitrogen and oxygen atoms in total. The van der Waals surface area contributed by atoms with E-state index in [1.54, 1.807) is 6.20 Å². The van der Waals surface area contributed by atoms with Crippen LogP contribution in [0.15, 0.2) is 42.9 Å². The lowest BCUT2D eigenvalue weighted by Crippen LogP contribution is -2.32. The van der Waals surface area contributed by atoms with E-state index in [2.05, 4.69) is 14.8 Å². The molecule has 2 aromatic heterocycles. The molecule has 0 aliphatic carbocycles. The summed E-state index contributed by atoms with van der Waals surface area (Å²) >= 11 is 0. The predicted octanol–water partition coefficient (Wildman–Crippen LogP) is 0.745. The quantitative estimate of drug-likeness (QED) is 0.646. The van der Waals surface area contributed by atoms with Crippen molar-refractivity contribution in [1.29, 1.82) is 0 Å². The van der Waals surface area contributed by atoms with Gasteiger partial charge in [0.25, 0.3) is 0 Å². The smallest absolute Gasteiger partial charge is 0.189 e. The van der Waals surface area contributed by atoms with Gasteiger partial charge in [-0.3, -0.25) is 5.10 Å². The molecule has 0 aliphatic rings. The molecule has 12 heavy (non-hydrogen) atoms. The van der Waals surface area contributed by atoms with E-state index < -0.39 is 0 Å². The van der Waals surface area contributed by atoms with E-state index in [1.807, 2.05) is 36.7 Å². The average molecular weight is 160 g/mol. The van der Waals surface area contributed by atoms with Crippen LogP contribution < -0.4 is 4.57 Å². The molecular formula is C9H10N3+. The highest BCUT2D eigenvalue weighted by Crippen LogP contribution is 1.89. The lowest BCUT2D eigenvalue weighted by Gasteiger charge is -1.91. The Morgan fingerprint density at radius 3 is 2.75 bits per heavy atom. The molecule has 0 bridgehead atoms. The number of aromatic nitrogens is 3. The van der Waals surface area contributed by atoms with E-state index in [0.29, 0.717) is 0 Å². The van der Waals surface area contributed by atoms with Gasteiger partial charge in [-0.25, -0.2) is 0 Å². The molecule has 60 valence electrons.